The third kappa shape index (κ3) is 10.6. The summed E-state index contributed by atoms with van der Waals surface area (Å²) in [4.78, 5) is 43.8. The molecule has 2 aromatic rings. The Morgan fingerprint density at radius 1 is 0.745 bits per heavy atom. The van der Waals surface area contributed by atoms with Gasteiger partial charge in [-0.15, -0.1) is 0 Å². The fraction of sp³-hybridized carbons (Fsp3) is 0.391. The number of amides is 2. The standard InChI is InChI=1S/C11H8F3IN2O3.C11H9F3N2O3.CHF3O3S/c12-11(13,14)10(18)16-2-1-8-6(5-16)3-7(17(19)20)4-9(8)15;12-11(13,14)10(17)15-4-3-7-1-2-9(16(18)19)5-8(7)6-15;2-1(3,4)8(5,6)7/h3-4H,1-2,5H2;1-2,5H,3-4,6H2;(H,5,6,7). The second-order valence-electron chi connectivity index (χ2n) is 9.40. The summed E-state index contributed by atoms with van der Waals surface area (Å²) >= 11 is 1.91. The first-order chi connectivity index (χ1) is 21.2. The van der Waals surface area contributed by atoms with Crippen LogP contribution in [-0.2, 0) is 45.6 Å². The van der Waals surface area contributed by atoms with Gasteiger partial charge in [-0.1, -0.05) is 6.07 Å². The normalized spacial score (nSPS) is 14.8. The van der Waals surface area contributed by atoms with Crippen LogP contribution in [0.1, 0.15) is 22.3 Å². The molecule has 0 bridgehead atoms. The van der Waals surface area contributed by atoms with Crippen LogP contribution in [0.2, 0.25) is 0 Å². The van der Waals surface area contributed by atoms with E-state index in [1.54, 1.807) is 0 Å². The van der Waals surface area contributed by atoms with Crippen molar-refractivity contribution in [2.24, 2.45) is 0 Å². The van der Waals surface area contributed by atoms with Gasteiger partial charge in [0.25, 0.3) is 11.4 Å². The third-order valence-corrected chi connectivity index (χ3v) is 7.79. The van der Waals surface area contributed by atoms with Gasteiger partial charge in [-0.25, -0.2) is 0 Å². The highest BCUT2D eigenvalue weighted by Gasteiger charge is 2.45. The van der Waals surface area contributed by atoms with E-state index in [1.165, 1.54) is 30.3 Å². The Balaban J connectivity index is 0.000000267. The molecule has 1 N–H and O–H groups in total. The lowest BCUT2D eigenvalue weighted by Gasteiger charge is -2.29. The average Bonchev–Trinajstić information content (AvgIpc) is 2.94. The summed E-state index contributed by atoms with van der Waals surface area (Å²) in [6.07, 6.45) is -9.33. The van der Waals surface area contributed by atoms with E-state index < -0.39 is 49.6 Å². The minimum Gasteiger partial charge on any atom is -0.330 e. The van der Waals surface area contributed by atoms with Crippen molar-refractivity contribution >= 4 is 55.9 Å². The monoisotopic (exact) mass is 824 g/mol. The number of fused-ring (bicyclic) bond motifs is 2. The fourth-order valence-corrected chi connectivity index (χ4v) is 5.03. The van der Waals surface area contributed by atoms with Crippen LogP contribution in [0.15, 0.2) is 30.3 Å². The first-order valence-corrected chi connectivity index (χ1v) is 14.7. The Hall–Kier alpha value is -3.81. The van der Waals surface area contributed by atoms with Crippen LogP contribution in [0.4, 0.5) is 50.9 Å². The molecule has 13 nitrogen and oxygen atoms in total. The summed E-state index contributed by atoms with van der Waals surface area (Å²) in [6.45, 7) is -0.594. The van der Waals surface area contributed by atoms with Gasteiger partial charge in [0.15, 0.2) is 0 Å². The molecule has 0 fully saturated rings. The first-order valence-electron chi connectivity index (χ1n) is 12.2. The summed E-state index contributed by atoms with van der Waals surface area (Å²) in [5.41, 5.74) is -3.63. The minimum atomic E-state index is -5.84. The van der Waals surface area contributed by atoms with Crippen molar-refractivity contribution in [2.75, 3.05) is 13.1 Å². The molecular formula is C23H18F9IN4O9S. The molecule has 0 spiro atoms. The predicted molar refractivity (Wildman–Crippen MR) is 147 cm³/mol. The fourth-order valence-electron chi connectivity index (χ4n) is 4.10. The smallest absolute Gasteiger partial charge is 0.330 e. The summed E-state index contributed by atoms with van der Waals surface area (Å²) in [5, 5.41) is 21.4. The molecule has 0 aromatic heterocycles. The molecule has 2 amide bonds. The number of rotatable bonds is 2. The van der Waals surface area contributed by atoms with Gasteiger partial charge in [0.2, 0.25) is 0 Å². The van der Waals surface area contributed by atoms with Gasteiger partial charge in [-0.2, -0.15) is 47.9 Å². The van der Waals surface area contributed by atoms with Crippen molar-refractivity contribution in [1.82, 2.24) is 9.80 Å². The lowest BCUT2D eigenvalue weighted by Crippen LogP contribution is -2.43. The number of hydrogen-bond donors (Lipinski definition) is 1. The summed E-state index contributed by atoms with van der Waals surface area (Å²) in [6, 6.07) is 6.64. The summed E-state index contributed by atoms with van der Waals surface area (Å²) in [7, 11) is -5.84. The van der Waals surface area contributed by atoms with Crippen molar-refractivity contribution in [3.63, 3.8) is 0 Å². The lowest BCUT2D eigenvalue weighted by molar-refractivity contribution is -0.385. The molecule has 0 saturated heterocycles. The number of carbonyl (C=O) groups is 2. The second-order valence-corrected chi connectivity index (χ2v) is 12.0. The van der Waals surface area contributed by atoms with Gasteiger partial charge in [0.1, 0.15) is 0 Å². The Morgan fingerprint density at radius 2 is 1.17 bits per heavy atom. The van der Waals surface area contributed by atoms with E-state index in [2.05, 4.69) is 0 Å². The van der Waals surface area contributed by atoms with Crippen molar-refractivity contribution in [1.29, 1.82) is 0 Å². The SMILES string of the molecule is O=C(N1CCc2c(I)cc([N+](=O)[O-])cc2C1)C(F)(F)F.O=C(N1CCc2ccc([N+](=O)[O-])cc2C1)C(F)(F)F.O=S(=O)(O)C(F)(F)F. The van der Waals surface area contributed by atoms with Gasteiger partial charge >= 0.3 is 39.8 Å². The number of nitro groups is 2. The van der Waals surface area contributed by atoms with E-state index in [4.69, 9.17) is 13.0 Å². The van der Waals surface area contributed by atoms with Crippen molar-refractivity contribution in [3.05, 3.63) is 76.4 Å². The van der Waals surface area contributed by atoms with Crippen LogP contribution >= 0.6 is 22.6 Å². The van der Waals surface area contributed by atoms with Gasteiger partial charge in [-0.05, 0) is 57.7 Å². The third-order valence-electron chi connectivity index (χ3n) is 6.24. The minimum absolute atomic E-state index is 0.0385. The number of alkyl halides is 9. The Morgan fingerprint density at radius 3 is 1.60 bits per heavy atom. The molecule has 0 atom stereocenters. The van der Waals surface area contributed by atoms with E-state index in [1.807, 2.05) is 22.6 Å². The number of benzene rings is 2. The molecule has 0 unspecified atom stereocenters. The largest absolute Gasteiger partial charge is 0.522 e. The van der Waals surface area contributed by atoms with Gasteiger partial charge in [-0.3, -0.25) is 34.4 Å². The highest BCUT2D eigenvalue weighted by Crippen LogP contribution is 2.31. The molecule has 2 aliphatic rings. The molecule has 2 aromatic carbocycles. The Labute approximate surface area is 270 Å². The topological polar surface area (TPSA) is 181 Å². The number of nitro benzene ring substituents is 2. The maximum atomic E-state index is 12.4. The van der Waals surface area contributed by atoms with Gasteiger partial charge < -0.3 is 9.80 Å². The molecule has 0 radical (unpaired) electrons. The van der Waals surface area contributed by atoms with E-state index in [-0.39, 0.29) is 50.4 Å². The van der Waals surface area contributed by atoms with Crippen molar-refractivity contribution in [3.8, 4) is 0 Å². The molecule has 2 heterocycles. The van der Waals surface area contributed by atoms with Crippen LogP contribution in [0.25, 0.3) is 0 Å². The summed E-state index contributed by atoms with van der Waals surface area (Å²) in [5.74, 6) is -3.82. The average molecular weight is 824 g/mol. The predicted octanol–water partition coefficient (Wildman–Crippen LogP) is 5.08. The number of halogens is 10. The quantitative estimate of drug-likeness (QED) is 0.108. The van der Waals surface area contributed by atoms with E-state index in [9.17, 15) is 69.3 Å². The summed E-state index contributed by atoms with van der Waals surface area (Å²) < 4.78 is 132. The van der Waals surface area contributed by atoms with Crippen LogP contribution < -0.4 is 0 Å². The van der Waals surface area contributed by atoms with Gasteiger partial charge in [0.05, 0.1) is 9.85 Å². The Kier molecular flexibility index (Phi) is 12.2. The molecule has 47 heavy (non-hydrogen) atoms. The second kappa shape index (κ2) is 14.5. The first kappa shape index (κ1) is 39.4. The van der Waals surface area contributed by atoms with Crippen LogP contribution in [0.5, 0.6) is 0 Å². The van der Waals surface area contributed by atoms with Crippen LogP contribution in [-0.4, -0.2) is 75.4 Å². The van der Waals surface area contributed by atoms with Gasteiger partial charge in [0, 0.05) is 54.0 Å². The number of carbonyl (C=O) groups excluding carboxylic acids is 2. The van der Waals surface area contributed by atoms with E-state index in [0.29, 0.717) is 24.5 Å². The molecule has 0 aliphatic carbocycles. The van der Waals surface area contributed by atoms with Crippen molar-refractivity contribution < 1.29 is 71.9 Å². The van der Waals surface area contributed by atoms with Crippen molar-refractivity contribution in [2.45, 2.75) is 43.8 Å². The lowest BCUT2D eigenvalue weighted by atomic mass is 9.99. The highest BCUT2D eigenvalue weighted by atomic mass is 127. The van der Waals surface area contributed by atoms with Crippen LogP contribution in [0, 0.1) is 23.8 Å². The number of hydrogen-bond acceptors (Lipinski definition) is 8. The molecule has 0 saturated carbocycles. The number of nitrogens with zero attached hydrogens (tertiary/aromatic N) is 4. The highest BCUT2D eigenvalue weighted by molar-refractivity contribution is 14.1. The van der Waals surface area contributed by atoms with E-state index in [0.717, 1.165) is 11.1 Å². The zero-order chi connectivity index (χ0) is 36.3. The Bertz CT molecular complexity index is 1670. The maximum absolute atomic E-state index is 12.4. The molecule has 2 aliphatic heterocycles. The molecule has 260 valence electrons. The van der Waals surface area contributed by atoms with Crippen LogP contribution in [0.3, 0.4) is 0 Å². The zero-order valence-corrected chi connectivity index (χ0v) is 25.8. The molecule has 4 rings (SSSR count). The van der Waals surface area contributed by atoms with E-state index >= 15 is 0 Å². The molecular weight excluding hydrogens is 806 g/mol. The zero-order valence-electron chi connectivity index (χ0n) is 22.8. The number of non-ortho nitro benzene ring substituents is 2. The molecule has 24 heteroatoms. The maximum Gasteiger partial charge on any atom is 0.522 e.